The molecule has 0 aliphatic rings. The topological polar surface area (TPSA) is 59.5 Å². The van der Waals surface area contributed by atoms with Gasteiger partial charge in [0.05, 0.1) is 18.7 Å². The third kappa shape index (κ3) is 5.41. The molecule has 5 nitrogen and oxygen atoms in total. The van der Waals surface area contributed by atoms with Crippen LogP contribution >= 0.6 is 0 Å². The lowest BCUT2D eigenvalue weighted by molar-refractivity contribution is -0.118. The highest BCUT2D eigenvalue weighted by molar-refractivity contribution is 5.94. The van der Waals surface area contributed by atoms with Crippen molar-refractivity contribution in [3.05, 3.63) is 59.9 Å². The molecule has 0 N–H and O–H groups in total. The molecule has 1 heterocycles. The molecule has 0 bridgehead atoms. The van der Waals surface area contributed by atoms with E-state index in [1.165, 1.54) is 0 Å². The van der Waals surface area contributed by atoms with Gasteiger partial charge < -0.3 is 9.64 Å². The predicted molar refractivity (Wildman–Crippen MR) is 97.4 cm³/mol. The van der Waals surface area contributed by atoms with Crippen molar-refractivity contribution in [1.82, 2.24) is 4.98 Å². The van der Waals surface area contributed by atoms with Crippen LogP contribution in [0.5, 0.6) is 0 Å². The highest BCUT2D eigenvalue weighted by Gasteiger charge is 2.17. The van der Waals surface area contributed by atoms with E-state index in [1.54, 1.807) is 48.5 Å². The maximum atomic E-state index is 12.6. The molecule has 25 heavy (non-hydrogen) atoms. The van der Waals surface area contributed by atoms with Crippen LogP contribution in [-0.2, 0) is 16.1 Å². The first-order valence-corrected chi connectivity index (χ1v) is 8.62. The molecule has 0 fully saturated rings. The molecule has 0 spiro atoms. The Kier molecular flexibility index (Phi) is 7.14. The lowest BCUT2D eigenvalue weighted by atomic mass is 10.1. The van der Waals surface area contributed by atoms with Crippen LogP contribution in [0.4, 0.5) is 5.69 Å². The Hall–Kier alpha value is -2.69. The SMILES string of the molecule is CCCCC(=O)N(Cc1cccnc1)c1ccc(C(=O)OCC)cc1. The van der Waals surface area contributed by atoms with Crippen molar-refractivity contribution in [3.63, 3.8) is 0 Å². The van der Waals surface area contributed by atoms with Gasteiger partial charge in [-0.3, -0.25) is 9.78 Å². The minimum atomic E-state index is -0.356. The third-order valence-electron chi connectivity index (χ3n) is 3.80. The summed E-state index contributed by atoms with van der Waals surface area (Å²) in [6.07, 6.45) is 5.78. The van der Waals surface area contributed by atoms with Gasteiger partial charge in [0, 0.05) is 24.5 Å². The highest BCUT2D eigenvalue weighted by Crippen LogP contribution is 2.20. The van der Waals surface area contributed by atoms with Gasteiger partial charge in [0.2, 0.25) is 5.91 Å². The zero-order valence-electron chi connectivity index (χ0n) is 14.8. The van der Waals surface area contributed by atoms with E-state index in [0.29, 0.717) is 25.1 Å². The zero-order valence-corrected chi connectivity index (χ0v) is 14.8. The van der Waals surface area contributed by atoms with E-state index in [2.05, 4.69) is 11.9 Å². The van der Waals surface area contributed by atoms with Crippen LogP contribution in [0.15, 0.2) is 48.8 Å². The fourth-order valence-electron chi connectivity index (χ4n) is 2.45. The number of benzene rings is 1. The predicted octanol–water partition coefficient (Wildman–Crippen LogP) is 3.98. The molecule has 0 saturated heterocycles. The summed E-state index contributed by atoms with van der Waals surface area (Å²) in [5.74, 6) is -0.292. The lowest BCUT2D eigenvalue weighted by Crippen LogP contribution is -2.30. The molecule has 132 valence electrons. The fourth-order valence-corrected chi connectivity index (χ4v) is 2.45. The van der Waals surface area contributed by atoms with E-state index in [0.717, 1.165) is 24.1 Å². The van der Waals surface area contributed by atoms with Gasteiger partial charge in [-0.25, -0.2) is 4.79 Å². The molecule has 1 aromatic carbocycles. The summed E-state index contributed by atoms with van der Waals surface area (Å²) in [5.41, 5.74) is 2.20. The molecule has 2 aromatic rings. The molecule has 0 atom stereocenters. The number of pyridine rings is 1. The summed E-state index contributed by atoms with van der Waals surface area (Å²) < 4.78 is 5.00. The first-order valence-electron chi connectivity index (χ1n) is 8.62. The van der Waals surface area contributed by atoms with Crippen LogP contribution in [0.1, 0.15) is 49.0 Å². The molecule has 2 rings (SSSR count). The van der Waals surface area contributed by atoms with E-state index >= 15 is 0 Å². The van der Waals surface area contributed by atoms with Gasteiger partial charge in [-0.15, -0.1) is 0 Å². The summed E-state index contributed by atoms with van der Waals surface area (Å²) in [6.45, 7) is 4.62. The molecular weight excluding hydrogens is 316 g/mol. The van der Waals surface area contributed by atoms with Gasteiger partial charge in [0.1, 0.15) is 0 Å². The van der Waals surface area contributed by atoms with Crippen LogP contribution in [0.2, 0.25) is 0 Å². The minimum Gasteiger partial charge on any atom is -0.462 e. The minimum absolute atomic E-state index is 0.0644. The summed E-state index contributed by atoms with van der Waals surface area (Å²) >= 11 is 0. The third-order valence-corrected chi connectivity index (χ3v) is 3.80. The number of ether oxygens (including phenoxy) is 1. The fraction of sp³-hybridized carbons (Fsp3) is 0.350. The van der Waals surface area contributed by atoms with Crippen LogP contribution in [0.25, 0.3) is 0 Å². The highest BCUT2D eigenvalue weighted by atomic mass is 16.5. The monoisotopic (exact) mass is 340 g/mol. The van der Waals surface area contributed by atoms with Gasteiger partial charge in [-0.1, -0.05) is 19.4 Å². The van der Waals surface area contributed by atoms with Crippen molar-refractivity contribution < 1.29 is 14.3 Å². The lowest BCUT2D eigenvalue weighted by Gasteiger charge is -2.23. The van der Waals surface area contributed by atoms with Crippen molar-refractivity contribution >= 4 is 17.6 Å². The molecule has 0 aliphatic carbocycles. The number of amides is 1. The van der Waals surface area contributed by atoms with E-state index in [1.807, 2.05) is 12.1 Å². The standard InChI is InChI=1S/C20H24N2O3/c1-3-5-8-19(23)22(15-16-7-6-13-21-14-16)18-11-9-17(10-12-18)20(24)25-4-2/h6-7,9-14H,3-5,8,15H2,1-2H3. The first kappa shape index (κ1) is 18.6. The molecule has 1 amide bonds. The Balaban J connectivity index is 2.21. The van der Waals surface area contributed by atoms with Gasteiger partial charge in [0.15, 0.2) is 0 Å². The second-order valence-electron chi connectivity index (χ2n) is 5.71. The number of hydrogen-bond acceptors (Lipinski definition) is 4. The van der Waals surface area contributed by atoms with Crippen molar-refractivity contribution in [3.8, 4) is 0 Å². The zero-order chi connectivity index (χ0) is 18.1. The molecular formula is C20H24N2O3. The number of aromatic nitrogens is 1. The van der Waals surface area contributed by atoms with E-state index in [-0.39, 0.29) is 11.9 Å². The number of carbonyl (C=O) groups excluding carboxylic acids is 2. The van der Waals surface area contributed by atoms with Crippen LogP contribution in [0, 0.1) is 0 Å². The summed E-state index contributed by atoms with van der Waals surface area (Å²) in [4.78, 5) is 30.3. The Labute approximate surface area is 148 Å². The number of rotatable bonds is 8. The quantitative estimate of drug-likeness (QED) is 0.682. The number of carbonyl (C=O) groups is 2. The summed E-state index contributed by atoms with van der Waals surface area (Å²) in [7, 11) is 0. The number of esters is 1. The Morgan fingerprint density at radius 3 is 2.48 bits per heavy atom. The number of anilines is 1. The second-order valence-corrected chi connectivity index (χ2v) is 5.71. The van der Waals surface area contributed by atoms with Crippen molar-refractivity contribution in [1.29, 1.82) is 0 Å². The molecule has 0 radical (unpaired) electrons. The molecule has 1 aromatic heterocycles. The average Bonchev–Trinajstić information content (AvgIpc) is 2.65. The second kappa shape index (κ2) is 9.57. The summed E-state index contributed by atoms with van der Waals surface area (Å²) in [6, 6.07) is 10.8. The molecule has 0 aliphatic heterocycles. The number of nitrogens with zero attached hydrogens (tertiary/aromatic N) is 2. The van der Waals surface area contributed by atoms with Crippen molar-refractivity contribution in [2.75, 3.05) is 11.5 Å². The molecule has 0 saturated carbocycles. The Bertz CT molecular complexity index is 684. The Morgan fingerprint density at radius 1 is 1.12 bits per heavy atom. The maximum Gasteiger partial charge on any atom is 0.338 e. The van der Waals surface area contributed by atoms with Gasteiger partial charge in [-0.05, 0) is 49.2 Å². The van der Waals surface area contributed by atoms with Crippen LogP contribution in [-0.4, -0.2) is 23.5 Å². The van der Waals surface area contributed by atoms with Gasteiger partial charge >= 0.3 is 5.97 Å². The number of unbranched alkanes of at least 4 members (excludes halogenated alkanes) is 1. The number of hydrogen-bond donors (Lipinski definition) is 0. The summed E-state index contributed by atoms with van der Waals surface area (Å²) in [5, 5.41) is 0. The first-order chi connectivity index (χ1) is 12.2. The van der Waals surface area contributed by atoms with Gasteiger partial charge in [0.25, 0.3) is 0 Å². The van der Waals surface area contributed by atoms with Crippen molar-refractivity contribution in [2.24, 2.45) is 0 Å². The largest absolute Gasteiger partial charge is 0.462 e. The maximum absolute atomic E-state index is 12.6. The smallest absolute Gasteiger partial charge is 0.338 e. The van der Waals surface area contributed by atoms with Crippen molar-refractivity contribution in [2.45, 2.75) is 39.7 Å². The van der Waals surface area contributed by atoms with Crippen LogP contribution < -0.4 is 4.90 Å². The van der Waals surface area contributed by atoms with E-state index in [9.17, 15) is 9.59 Å². The molecule has 0 unspecified atom stereocenters. The van der Waals surface area contributed by atoms with Gasteiger partial charge in [-0.2, -0.15) is 0 Å². The molecule has 5 heteroatoms. The van der Waals surface area contributed by atoms with E-state index in [4.69, 9.17) is 4.74 Å². The Morgan fingerprint density at radius 2 is 1.88 bits per heavy atom. The van der Waals surface area contributed by atoms with Crippen LogP contribution in [0.3, 0.4) is 0 Å². The van der Waals surface area contributed by atoms with E-state index < -0.39 is 0 Å². The normalized spacial score (nSPS) is 10.3. The average molecular weight is 340 g/mol.